The van der Waals surface area contributed by atoms with Gasteiger partial charge in [0.1, 0.15) is 6.04 Å². The predicted octanol–water partition coefficient (Wildman–Crippen LogP) is 4.60. The number of likely N-dealkylation sites (tertiary alicyclic amines) is 1. The van der Waals surface area contributed by atoms with E-state index in [1.807, 2.05) is 49.9 Å². The molecule has 3 aliphatic rings. The number of amides is 2. The standard InChI is InChI=1S/C26H25ClN2O3/c1-4-15(3)28-25(31)21-20-13-14(2)18-7-5-6-8-19(18)29(20)23(22(21)26(28)32)24(30)16-9-11-17(27)12-10-16/h5-13,15,20-23H,4H2,1-3H3/t15-,20+,21-,22-,23+/m1/s1. The number of carbonyl (C=O) groups excluding carboxylic acids is 3. The largest absolute Gasteiger partial charge is 0.352 e. The number of rotatable bonds is 4. The molecule has 2 aromatic carbocycles. The Morgan fingerprint density at radius 3 is 2.38 bits per heavy atom. The maximum atomic E-state index is 13.9. The summed E-state index contributed by atoms with van der Waals surface area (Å²) in [6.45, 7) is 5.87. The first-order valence-electron chi connectivity index (χ1n) is 11.1. The highest BCUT2D eigenvalue weighted by Gasteiger charge is 2.64. The Kier molecular flexibility index (Phi) is 4.97. The van der Waals surface area contributed by atoms with E-state index in [2.05, 4.69) is 6.08 Å². The van der Waals surface area contributed by atoms with Crippen molar-refractivity contribution in [3.8, 4) is 0 Å². The first-order valence-corrected chi connectivity index (χ1v) is 11.5. The van der Waals surface area contributed by atoms with Gasteiger partial charge < -0.3 is 4.90 Å². The van der Waals surface area contributed by atoms with Gasteiger partial charge in [-0.1, -0.05) is 42.8 Å². The number of benzene rings is 2. The maximum absolute atomic E-state index is 13.9. The number of carbonyl (C=O) groups is 3. The molecule has 2 aromatic rings. The molecule has 6 heteroatoms. The van der Waals surface area contributed by atoms with Gasteiger partial charge in [0.2, 0.25) is 11.8 Å². The van der Waals surface area contributed by atoms with E-state index in [4.69, 9.17) is 11.6 Å². The normalized spacial score (nSPS) is 27.1. The minimum atomic E-state index is -0.748. The third-order valence-corrected chi connectivity index (χ3v) is 7.47. The van der Waals surface area contributed by atoms with E-state index in [0.717, 1.165) is 16.8 Å². The number of para-hydroxylation sites is 1. The molecule has 3 aliphatic heterocycles. The van der Waals surface area contributed by atoms with Gasteiger partial charge in [0.05, 0.1) is 17.9 Å². The van der Waals surface area contributed by atoms with Crippen LogP contribution in [0, 0.1) is 11.8 Å². The smallest absolute Gasteiger partial charge is 0.236 e. The van der Waals surface area contributed by atoms with Crippen LogP contribution in [0.25, 0.3) is 5.57 Å². The second-order valence-corrected chi connectivity index (χ2v) is 9.37. The van der Waals surface area contributed by atoms with Gasteiger partial charge in [-0.3, -0.25) is 19.3 Å². The maximum Gasteiger partial charge on any atom is 0.236 e. The molecule has 0 aromatic heterocycles. The van der Waals surface area contributed by atoms with Gasteiger partial charge in [0.25, 0.3) is 0 Å². The fourth-order valence-corrected chi connectivity index (χ4v) is 5.65. The van der Waals surface area contributed by atoms with E-state index in [0.29, 0.717) is 17.0 Å². The number of imide groups is 1. The van der Waals surface area contributed by atoms with Crippen LogP contribution in [-0.4, -0.2) is 40.6 Å². The van der Waals surface area contributed by atoms with Crippen molar-refractivity contribution in [1.29, 1.82) is 0 Å². The van der Waals surface area contributed by atoms with Crippen molar-refractivity contribution < 1.29 is 14.4 Å². The second kappa shape index (κ2) is 7.59. The molecule has 164 valence electrons. The van der Waals surface area contributed by atoms with Gasteiger partial charge in [-0.15, -0.1) is 0 Å². The van der Waals surface area contributed by atoms with E-state index >= 15 is 0 Å². The summed E-state index contributed by atoms with van der Waals surface area (Å²) in [5.41, 5.74) is 3.47. The van der Waals surface area contributed by atoms with Gasteiger partial charge in [-0.05, 0) is 56.2 Å². The third-order valence-electron chi connectivity index (χ3n) is 7.22. The zero-order valence-electron chi connectivity index (χ0n) is 18.3. The van der Waals surface area contributed by atoms with Crippen LogP contribution in [0.1, 0.15) is 43.1 Å². The van der Waals surface area contributed by atoms with E-state index in [1.54, 1.807) is 24.3 Å². The highest BCUT2D eigenvalue weighted by atomic mass is 35.5. The molecule has 5 rings (SSSR count). The van der Waals surface area contributed by atoms with Crippen LogP contribution < -0.4 is 4.90 Å². The molecule has 0 N–H and O–H groups in total. The van der Waals surface area contributed by atoms with Crippen molar-refractivity contribution >= 4 is 40.5 Å². The lowest BCUT2D eigenvalue weighted by Gasteiger charge is -2.38. The molecule has 0 spiro atoms. The Morgan fingerprint density at radius 1 is 1.03 bits per heavy atom. The number of nitrogens with zero attached hydrogens (tertiary/aromatic N) is 2. The lowest BCUT2D eigenvalue weighted by atomic mass is 9.85. The summed E-state index contributed by atoms with van der Waals surface area (Å²) in [7, 11) is 0. The van der Waals surface area contributed by atoms with E-state index < -0.39 is 17.9 Å². The van der Waals surface area contributed by atoms with Crippen LogP contribution in [0.2, 0.25) is 5.02 Å². The number of hydrogen-bond acceptors (Lipinski definition) is 4. The van der Waals surface area contributed by atoms with Gasteiger partial charge >= 0.3 is 0 Å². The van der Waals surface area contributed by atoms with E-state index in [-0.39, 0.29) is 29.7 Å². The topological polar surface area (TPSA) is 57.7 Å². The summed E-state index contributed by atoms with van der Waals surface area (Å²) >= 11 is 6.04. The highest BCUT2D eigenvalue weighted by molar-refractivity contribution is 6.30. The first-order chi connectivity index (χ1) is 15.3. The Balaban J connectivity index is 1.68. The summed E-state index contributed by atoms with van der Waals surface area (Å²) < 4.78 is 0. The quantitative estimate of drug-likeness (QED) is 0.506. The lowest BCUT2D eigenvalue weighted by Crippen LogP contribution is -2.50. The fraction of sp³-hybridized carbons (Fsp3) is 0.346. The zero-order valence-corrected chi connectivity index (χ0v) is 19.0. The number of allylic oxidation sites excluding steroid dienone is 1. The number of anilines is 1. The SMILES string of the molecule is CC[C@@H](C)N1C(=O)[C@@H]2[C@H](C1=O)[C@@H]1C=C(C)c3ccccc3N1[C@@H]2C(=O)c1ccc(Cl)cc1. The monoisotopic (exact) mass is 448 g/mol. The van der Waals surface area contributed by atoms with Crippen molar-refractivity contribution in [2.75, 3.05) is 4.90 Å². The molecule has 0 radical (unpaired) electrons. The number of Topliss-reactive ketones (excluding diaryl/α,β-unsaturated/α-hetero) is 1. The van der Waals surface area contributed by atoms with Crippen LogP contribution in [0.4, 0.5) is 5.69 Å². The van der Waals surface area contributed by atoms with Crippen molar-refractivity contribution in [2.24, 2.45) is 11.8 Å². The average molecular weight is 449 g/mol. The fourth-order valence-electron chi connectivity index (χ4n) is 5.52. The number of fused-ring (bicyclic) bond motifs is 5. The molecule has 2 fully saturated rings. The molecule has 2 saturated heterocycles. The Hall–Kier alpha value is -2.92. The minimum Gasteiger partial charge on any atom is -0.352 e. The van der Waals surface area contributed by atoms with Crippen LogP contribution in [0.15, 0.2) is 54.6 Å². The lowest BCUT2D eigenvalue weighted by molar-refractivity contribution is -0.142. The molecule has 0 unspecified atom stereocenters. The van der Waals surface area contributed by atoms with Crippen LogP contribution in [0.5, 0.6) is 0 Å². The number of halogens is 1. The van der Waals surface area contributed by atoms with Crippen molar-refractivity contribution in [2.45, 2.75) is 45.3 Å². The zero-order chi connectivity index (χ0) is 22.7. The van der Waals surface area contributed by atoms with Crippen molar-refractivity contribution in [3.05, 3.63) is 70.8 Å². The Bertz CT molecular complexity index is 1160. The van der Waals surface area contributed by atoms with E-state index in [9.17, 15) is 14.4 Å². The Labute approximate surface area is 192 Å². The Morgan fingerprint density at radius 2 is 1.69 bits per heavy atom. The molecule has 0 saturated carbocycles. The molecule has 32 heavy (non-hydrogen) atoms. The summed E-state index contributed by atoms with van der Waals surface area (Å²) in [6.07, 6.45) is 2.74. The van der Waals surface area contributed by atoms with Crippen molar-refractivity contribution in [3.63, 3.8) is 0 Å². The molecule has 3 heterocycles. The third kappa shape index (κ3) is 2.87. The first kappa shape index (κ1) is 21.0. The molecule has 2 amide bonds. The highest BCUT2D eigenvalue weighted by Crippen LogP contribution is 2.50. The van der Waals surface area contributed by atoms with Crippen LogP contribution >= 0.6 is 11.6 Å². The minimum absolute atomic E-state index is 0.158. The number of hydrogen-bond donors (Lipinski definition) is 0. The van der Waals surface area contributed by atoms with Gasteiger partial charge in [0, 0.05) is 27.9 Å². The van der Waals surface area contributed by atoms with Crippen LogP contribution in [0.3, 0.4) is 0 Å². The van der Waals surface area contributed by atoms with Gasteiger partial charge in [0.15, 0.2) is 5.78 Å². The predicted molar refractivity (Wildman–Crippen MR) is 125 cm³/mol. The molecular weight excluding hydrogens is 424 g/mol. The molecule has 0 bridgehead atoms. The average Bonchev–Trinajstić information content (AvgIpc) is 3.26. The van der Waals surface area contributed by atoms with Crippen LogP contribution in [-0.2, 0) is 9.59 Å². The summed E-state index contributed by atoms with van der Waals surface area (Å²) in [6, 6.07) is 13.4. The summed E-state index contributed by atoms with van der Waals surface area (Å²) in [5, 5.41) is 0.542. The summed E-state index contributed by atoms with van der Waals surface area (Å²) in [5.74, 6) is -1.84. The molecule has 5 nitrogen and oxygen atoms in total. The second-order valence-electron chi connectivity index (χ2n) is 8.94. The van der Waals surface area contributed by atoms with E-state index in [1.165, 1.54) is 4.90 Å². The van der Waals surface area contributed by atoms with Gasteiger partial charge in [-0.25, -0.2) is 0 Å². The molecular formula is C26H25ClN2O3. The van der Waals surface area contributed by atoms with Gasteiger partial charge in [-0.2, -0.15) is 0 Å². The summed E-state index contributed by atoms with van der Waals surface area (Å²) in [4.78, 5) is 44.4. The number of ketones is 1. The van der Waals surface area contributed by atoms with Crippen molar-refractivity contribution in [1.82, 2.24) is 4.90 Å². The molecule has 0 aliphatic carbocycles. The molecule has 5 atom stereocenters.